The first kappa shape index (κ1) is 20.8. The first-order valence-corrected chi connectivity index (χ1v) is 10.0. The number of likely N-dealkylation sites (tertiary alicyclic amines) is 1. The van der Waals surface area contributed by atoms with Crippen LogP contribution in [0.5, 0.6) is 0 Å². The molecule has 7 heteroatoms. The highest BCUT2D eigenvalue weighted by atomic mass is 16.2. The Labute approximate surface area is 172 Å². The van der Waals surface area contributed by atoms with Gasteiger partial charge in [0.1, 0.15) is 0 Å². The van der Waals surface area contributed by atoms with Crippen LogP contribution in [-0.2, 0) is 6.54 Å². The third-order valence-electron chi connectivity index (χ3n) is 4.98. The fourth-order valence-electron chi connectivity index (χ4n) is 3.29. The summed E-state index contributed by atoms with van der Waals surface area (Å²) in [6, 6.07) is 10.8. The topological polar surface area (TPSA) is 68.8 Å². The Hall–Kier alpha value is -2.93. The summed E-state index contributed by atoms with van der Waals surface area (Å²) in [6.07, 6.45) is 5.63. The minimum atomic E-state index is -0.172. The van der Waals surface area contributed by atoms with Crippen molar-refractivity contribution in [2.24, 2.45) is 0 Å². The lowest BCUT2D eigenvalue weighted by Gasteiger charge is -2.25. The first-order chi connectivity index (χ1) is 14.0. The van der Waals surface area contributed by atoms with E-state index in [-0.39, 0.29) is 11.9 Å². The van der Waals surface area contributed by atoms with E-state index < -0.39 is 0 Å². The van der Waals surface area contributed by atoms with Crippen LogP contribution in [0.1, 0.15) is 28.8 Å². The van der Waals surface area contributed by atoms with Crippen LogP contribution in [0.4, 0.5) is 10.5 Å². The highest BCUT2D eigenvalue weighted by molar-refractivity contribution is 5.95. The van der Waals surface area contributed by atoms with Crippen LogP contribution in [0.2, 0.25) is 0 Å². The van der Waals surface area contributed by atoms with Crippen LogP contribution in [0, 0.1) is 0 Å². The van der Waals surface area contributed by atoms with Crippen molar-refractivity contribution in [3.05, 3.63) is 59.9 Å². The third-order valence-corrected chi connectivity index (χ3v) is 4.98. The second-order valence-corrected chi connectivity index (χ2v) is 7.59. The largest absolute Gasteiger partial charge is 0.339 e. The van der Waals surface area contributed by atoms with Gasteiger partial charge in [-0.25, -0.2) is 4.79 Å². The minimum absolute atomic E-state index is 0.0598. The van der Waals surface area contributed by atoms with Gasteiger partial charge in [0.2, 0.25) is 0 Å². The molecule has 0 bridgehead atoms. The second-order valence-electron chi connectivity index (χ2n) is 7.59. The molecule has 7 nitrogen and oxygen atoms in total. The van der Waals surface area contributed by atoms with E-state index in [9.17, 15) is 9.59 Å². The number of pyridine rings is 1. The number of likely N-dealkylation sites (N-methyl/N-ethyl adjacent to an activating group) is 1. The van der Waals surface area contributed by atoms with Crippen LogP contribution < -0.4 is 5.32 Å². The Morgan fingerprint density at radius 2 is 1.79 bits per heavy atom. The summed E-state index contributed by atoms with van der Waals surface area (Å²) in [5.41, 5.74) is 2.31. The van der Waals surface area contributed by atoms with Crippen molar-refractivity contribution in [3.63, 3.8) is 0 Å². The average molecular weight is 396 g/mol. The van der Waals surface area contributed by atoms with E-state index in [0.29, 0.717) is 24.3 Å². The van der Waals surface area contributed by atoms with Crippen molar-refractivity contribution >= 4 is 17.6 Å². The van der Waals surface area contributed by atoms with Crippen molar-refractivity contribution in [2.45, 2.75) is 19.4 Å². The summed E-state index contributed by atoms with van der Waals surface area (Å²) in [4.78, 5) is 35.1. The molecule has 1 N–H and O–H groups in total. The Balaban J connectivity index is 1.63. The number of nitrogens with one attached hydrogen (secondary N) is 1. The highest BCUT2D eigenvalue weighted by Crippen LogP contribution is 2.16. The Morgan fingerprint density at radius 3 is 2.41 bits per heavy atom. The minimum Gasteiger partial charge on any atom is -0.339 e. The zero-order chi connectivity index (χ0) is 20.6. The predicted octanol–water partition coefficient (Wildman–Crippen LogP) is 2.91. The fraction of sp³-hybridized carbons (Fsp3) is 0.409. The molecule has 0 radical (unpaired) electrons. The molecule has 1 saturated heterocycles. The first-order valence-electron chi connectivity index (χ1n) is 10.0. The molecule has 29 heavy (non-hydrogen) atoms. The van der Waals surface area contributed by atoms with E-state index in [1.54, 1.807) is 41.6 Å². The Bertz CT molecular complexity index is 802. The molecule has 1 aromatic carbocycles. The molecule has 1 aliphatic heterocycles. The normalized spacial score (nSPS) is 13.6. The lowest BCUT2D eigenvalue weighted by atomic mass is 10.2. The van der Waals surface area contributed by atoms with Crippen molar-refractivity contribution in [2.75, 3.05) is 45.6 Å². The van der Waals surface area contributed by atoms with Crippen molar-refractivity contribution < 1.29 is 9.59 Å². The van der Waals surface area contributed by atoms with Gasteiger partial charge in [0.15, 0.2) is 0 Å². The molecule has 2 heterocycles. The second kappa shape index (κ2) is 10.0. The fourth-order valence-corrected chi connectivity index (χ4v) is 3.29. The lowest BCUT2D eigenvalue weighted by Crippen LogP contribution is -2.39. The van der Waals surface area contributed by atoms with Gasteiger partial charge < -0.3 is 20.0 Å². The maximum absolute atomic E-state index is 12.9. The maximum atomic E-state index is 12.9. The number of hydrogen-bond donors (Lipinski definition) is 1. The number of rotatable bonds is 7. The monoisotopic (exact) mass is 395 g/mol. The van der Waals surface area contributed by atoms with E-state index in [2.05, 4.69) is 10.3 Å². The molecule has 1 fully saturated rings. The zero-order valence-electron chi connectivity index (χ0n) is 17.2. The average Bonchev–Trinajstić information content (AvgIpc) is 3.26. The molecule has 0 spiro atoms. The number of urea groups is 1. The molecule has 1 aromatic heterocycles. The SMILES string of the molecule is CN(C)CCN(Cc1cccnc1)C(=O)Nc1ccc(C(=O)N2CCCC2)cc1. The Morgan fingerprint density at radius 1 is 1.07 bits per heavy atom. The number of carbonyl (C=O) groups excluding carboxylic acids is 2. The summed E-state index contributed by atoms with van der Waals surface area (Å²) >= 11 is 0. The molecule has 0 unspecified atom stereocenters. The molecule has 0 saturated carbocycles. The highest BCUT2D eigenvalue weighted by Gasteiger charge is 2.20. The summed E-state index contributed by atoms with van der Waals surface area (Å²) < 4.78 is 0. The van der Waals surface area contributed by atoms with E-state index in [1.807, 2.05) is 36.0 Å². The molecule has 2 aromatic rings. The molecule has 0 aliphatic carbocycles. The van der Waals surface area contributed by atoms with Crippen molar-refractivity contribution in [1.82, 2.24) is 19.7 Å². The van der Waals surface area contributed by atoms with Crippen LogP contribution in [0.15, 0.2) is 48.8 Å². The molecule has 1 aliphatic rings. The van der Waals surface area contributed by atoms with E-state index in [1.165, 1.54) is 0 Å². The van der Waals surface area contributed by atoms with Gasteiger partial charge in [0, 0.05) is 56.4 Å². The number of hydrogen-bond acceptors (Lipinski definition) is 4. The van der Waals surface area contributed by atoms with Gasteiger partial charge in [0.05, 0.1) is 0 Å². The summed E-state index contributed by atoms with van der Waals surface area (Å²) in [5, 5.41) is 2.94. The van der Waals surface area contributed by atoms with E-state index in [0.717, 1.165) is 38.0 Å². The van der Waals surface area contributed by atoms with Gasteiger partial charge in [-0.2, -0.15) is 0 Å². The van der Waals surface area contributed by atoms with Gasteiger partial charge in [-0.3, -0.25) is 9.78 Å². The van der Waals surface area contributed by atoms with E-state index in [4.69, 9.17) is 0 Å². The van der Waals surface area contributed by atoms with Crippen molar-refractivity contribution in [3.8, 4) is 0 Å². The summed E-state index contributed by atoms with van der Waals surface area (Å²) in [5.74, 6) is 0.0598. The number of anilines is 1. The van der Waals surface area contributed by atoms with Crippen molar-refractivity contribution in [1.29, 1.82) is 0 Å². The van der Waals surface area contributed by atoms with Crippen LogP contribution in [-0.4, -0.2) is 71.9 Å². The predicted molar refractivity (Wildman–Crippen MR) is 114 cm³/mol. The molecule has 154 valence electrons. The van der Waals surface area contributed by atoms with E-state index >= 15 is 0 Å². The molecule has 0 atom stereocenters. The molecular formula is C22H29N5O2. The van der Waals surface area contributed by atoms with Crippen LogP contribution in [0.25, 0.3) is 0 Å². The van der Waals surface area contributed by atoms with Gasteiger partial charge in [-0.15, -0.1) is 0 Å². The van der Waals surface area contributed by atoms with Gasteiger partial charge >= 0.3 is 6.03 Å². The van der Waals surface area contributed by atoms with Gasteiger partial charge in [-0.1, -0.05) is 6.07 Å². The van der Waals surface area contributed by atoms with Gasteiger partial charge in [-0.05, 0) is 62.8 Å². The van der Waals surface area contributed by atoms with Crippen LogP contribution >= 0.6 is 0 Å². The zero-order valence-corrected chi connectivity index (χ0v) is 17.2. The summed E-state index contributed by atoms with van der Waals surface area (Å²) in [7, 11) is 3.96. The lowest BCUT2D eigenvalue weighted by molar-refractivity contribution is 0.0793. The molecular weight excluding hydrogens is 366 g/mol. The maximum Gasteiger partial charge on any atom is 0.322 e. The van der Waals surface area contributed by atoms with Gasteiger partial charge in [0.25, 0.3) is 5.91 Å². The quantitative estimate of drug-likeness (QED) is 0.783. The number of amides is 3. The number of carbonyl (C=O) groups is 2. The molecule has 3 rings (SSSR count). The number of nitrogens with zero attached hydrogens (tertiary/aromatic N) is 4. The van der Waals surface area contributed by atoms with Crippen LogP contribution in [0.3, 0.4) is 0 Å². The Kier molecular flexibility index (Phi) is 7.19. The number of benzene rings is 1. The number of aromatic nitrogens is 1. The smallest absolute Gasteiger partial charge is 0.322 e. The molecule has 3 amide bonds. The summed E-state index contributed by atoms with van der Waals surface area (Å²) in [6.45, 7) is 3.49. The third kappa shape index (κ3) is 6.02. The standard InChI is InChI=1S/C22H29N5O2/c1-25(2)14-15-27(17-18-6-5-11-23-16-18)22(29)24-20-9-7-19(8-10-20)21(28)26-12-3-4-13-26/h5-11,16H,3-4,12-15,17H2,1-2H3,(H,24,29).